The third-order valence-electron chi connectivity index (χ3n) is 2.41. The fraction of sp³-hybridized carbons (Fsp3) is 1.00. The van der Waals surface area contributed by atoms with Gasteiger partial charge in [0.2, 0.25) is 0 Å². The average molecular weight is 201 g/mol. The third-order valence-corrected chi connectivity index (χ3v) is 2.41. The van der Waals surface area contributed by atoms with E-state index < -0.39 is 0 Å². The molecule has 0 heterocycles. The highest BCUT2D eigenvalue weighted by atomic mass is 16.5. The second-order valence-electron chi connectivity index (χ2n) is 3.86. The first-order valence-corrected chi connectivity index (χ1v) is 6.11. The van der Waals surface area contributed by atoms with E-state index >= 15 is 0 Å². The predicted molar refractivity (Wildman–Crippen MR) is 62.7 cm³/mol. The molecule has 0 saturated heterocycles. The minimum absolute atomic E-state index is 0.913. The Kier molecular flexibility index (Phi) is 12.8. The lowest BCUT2D eigenvalue weighted by atomic mass is 10.2. The van der Waals surface area contributed by atoms with E-state index in [0.29, 0.717) is 0 Å². The Morgan fingerprint density at radius 2 is 1.50 bits per heavy atom. The quantitative estimate of drug-likeness (QED) is 0.519. The highest BCUT2D eigenvalue weighted by molar-refractivity contribution is 4.49. The molecule has 0 rings (SSSR count). The molecule has 0 unspecified atom stereocenters. The lowest BCUT2D eigenvalue weighted by Gasteiger charge is -2.04. The molecule has 2 heteroatoms. The molecule has 2 nitrogen and oxygen atoms in total. The average Bonchev–Trinajstić information content (AvgIpc) is 2.21. The molecule has 0 aliphatic heterocycles. The van der Waals surface area contributed by atoms with Crippen LogP contribution in [-0.2, 0) is 4.74 Å². The van der Waals surface area contributed by atoms with Gasteiger partial charge in [-0.1, -0.05) is 26.2 Å². The van der Waals surface area contributed by atoms with Crippen LogP contribution in [0.5, 0.6) is 0 Å². The van der Waals surface area contributed by atoms with Crippen LogP contribution in [0.15, 0.2) is 0 Å². The monoisotopic (exact) mass is 201 g/mol. The van der Waals surface area contributed by atoms with E-state index in [0.717, 1.165) is 6.61 Å². The topological polar surface area (TPSA) is 21.3 Å². The van der Waals surface area contributed by atoms with Gasteiger partial charge in [-0.25, -0.2) is 0 Å². The first kappa shape index (κ1) is 13.9. The zero-order valence-corrected chi connectivity index (χ0v) is 9.98. The molecule has 14 heavy (non-hydrogen) atoms. The van der Waals surface area contributed by atoms with Crippen LogP contribution >= 0.6 is 0 Å². The molecule has 0 aromatic heterocycles. The maximum Gasteiger partial charge on any atom is 0.0462 e. The third kappa shape index (κ3) is 11.9. The van der Waals surface area contributed by atoms with E-state index in [1.165, 1.54) is 58.0 Å². The van der Waals surface area contributed by atoms with Gasteiger partial charge in [-0.15, -0.1) is 0 Å². The summed E-state index contributed by atoms with van der Waals surface area (Å²) < 4.78 is 4.99. The van der Waals surface area contributed by atoms with E-state index in [1.54, 1.807) is 7.11 Å². The summed E-state index contributed by atoms with van der Waals surface area (Å²) in [6.07, 6.45) is 9.21. The van der Waals surface area contributed by atoms with Gasteiger partial charge in [-0.05, 0) is 38.8 Å². The van der Waals surface area contributed by atoms with E-state index in [4.69, 9.17) is 4.74 Å². The van der Waals surface area contributed by atoms with Crippen molar-refractivity contribution < 1.29 is 4.74 Å². The summed E-state index contributed by atoms with van der Waals surface area (Å²) in [5.41, 5.74) is 0. The number of nitrogens with one attached hydrogen (secondary N) is 1. The van der Waals surface area contributed by atoms with Crippen molar-refractivity contribution in [3.63, 3.8) is 0 Å². The molecule has 0 bridgehead atoms. The molecule has 0 spiro atoms. The van der Waals surface area contributed by atoms with E-state index in [2.05, 4.69) is 12.2 Å². The molecule has 1 N–H and O–H groups in total. The molecule has 0 radical (unpaired) electrons. The van der Waals surface area contributed by atoms with Crippen molar-refractivity contribution in [2.75, 3.05) is 26.8 Å². The van der Waals surface area contributed by atoms with Gasteiger partial charge < -0.3 is 10.1 Å². The summed E-state index contributed by atoms with van der Waals surface area (Å²) in [7, 11) is 1.77. The van der Waals surface area contributed by atoms with Crippen molar-refractivity contribution in [2.45, 2.75) is 51.9 Å². The minimum atomic E-state index is 0.913. The Balaban J connectivity index is 2.78. The standard InChI is InChI=1S/C12H27NO/c1-3-4-5-7-10-13-11-8-6-9-12-14-2/h13H,3-12H2,1-2H3. The SMILES string of the molecule is CCCCCCNCCCCCOC. The van der Waals surface area contributed by atoms with Crippen molar-refractivity contribution in [3.8, 4) is 0 Å². The van der Waals surface area contributed by atoms with Crippen LogP contribution in [0.1, 0.15) is 51.9 Å². The molecule has 86 valence electrons. The molecular formula is C12H27NO. The summed E-state index contributed by atoms with van der Waals surface area (Å²) in [4.78, 5) is 0. The van der Waals surface area contributed by atoms with Gasteiger partial charge in [-0.3, -0.25) is 0 Å². The Labute approximate surface area is 89.4 Å². The molecule has 0 saturated carbocycles. The van der Waals surface area contributed by atoms with Crippen LogP contribution in [0.3, 0.4) is 0 Å². The van der Waals surface area contributed by atoms with Gasteiger partial charge >= 0.3 is 0 Å². The predicted octanol–water partition coefficient (Wildman–Crippen LogP) is 2.97. The summed E-state index contributed by atoms with van der Waals surface area (Å²) in [6.45, 7) is 5.54. The van der Waals surface area contributed by atoms with Crippen LogP contribution in [-0.4, -0.2) is 26.8 Å². The summed E-state index contributed by atoms with van der Waals surface area (Å²) in [5.74, 6) is 0. The second kappa shape index (κ2) is 12.9. The lowest BCUT2D eigenvalue weighted by molar-refractivity contribution is 0.192. The highest BCUT2D eigenvalue weighted by Crippen LogP contribution is 1.97. The largest absolute Gasteiger partial charge is 0.385 e. The normalized spacial score (nSPS) is 10.7. The summed E-state index contributed by atoms with van der Waals surface area (Å²) in [5, 5.41) is 3.48. The van der Waals surface area contributed by atoms with Crippen molar-refractivity contribution in [1.82, 2.24) is 5.32 Å². The van der Waals surface area contributed by atoms with Gasteiger partial charge in [0.05, 0.1) is 0 Å². The van der Waals surface area contributed by atoms with Gasteiger partial charge in [0, 0.05) is 13.7 Å². The Bertz CT molecular complexity index is 84.3. The van der Waals surface area contributed by atoms with Crippen molar-refractivity contribution >= 4 is 0 Å². The number of ether oxygens (including phenoxy) is 1. The Morgan fingerprint density at radius 3 is 2.07 bits per heavy atom. The fourth-order valence-corrected chi connectivity index (χ4v) is 1.47. The molecule has 0 fully saturated rings. The van der Waals surface area contributed by atoms with Gasteiger partial charge in [0.15, 0.2) is 0 Å². The molecule has 0 aliphatic carbocycles. The van der Waals surface area contributed by atoms with Crippen molar-refractivity contribution in [3.05, 3.63) is 0 Å². The number of hydrogen-bond donors (Lipinski definition) is 1. The molecule has 0 aliphatic rings. The van der Waals surface area contributed by atoms with Gasteiger partial charge in [0.25, 0.3) is 0 Å². The molecule has 0 aromatic rings. The first-order valence-electron chi connectivity index (χ1n) is 6.11. The van der Waals surface area contributed by atoms with Crippen LogP contribution in [0, 0.1) is 0 Å². The Morgan fingerprint density at radius 1 is 0.857 bits per heavy atom. The van der Waals surface area contributed by atoms with Gasteiger partial charge in [-0.2, -0.15) is 0 Å². The second-order valence-corrected chi connectivity index (χ2v) is 3.86. The van der Waals surface area contributed by atoms with E-state index in [9.17, 15) is 0 Å². The zero-order valence-electron chi connectivity index (χ0n) is 9.98. The summed E-state index contributed by atoms with van der Waals surface area (Å²) >= 11 is 0. The first-order chi connectivity index (χ1) is 6.91. The Hall–Kier alpha value is -0.0800. The molecule has 0 amide bonds. The molecule has 0 atom stereocenters. The van der Waals surface area contributed by atoms with Crippen LogP contribution in [0.2, 0.25) is 0 Å². The number of unbranched alkanes of at least 4 members (excludes halogenated alkanes) is 5. The maximum absolute atomic E-state index is 4.99. The van der Waals surface area contributed by atoms with E-state index in [-0.39, 0.29) is 0 Å². The highest BCUT2D eigenvalue weighted by Gasteiger charge is 1.90. The lowest BCUT2D eigenvalue weighted by Crippen LogP contribution is -2.16. The van der Waals surface area contributed by atoms with Crippen molar-refractivity contribution in [2.24, 2.45) is 0 Å². The van der Waals surface area contributed by atoms with Crippen molar-refractivity contribution in [1.29, 1.82) is 0 Å². The number of methoxy groups -OCH3 is 1. The minimum Gasteiger partial charge on any atom is -0.385 e. The number of hydrogen-bond acceptors (Lipinski definition) is 2. The van der Waals surface area contributed by atoms with Gasteiger partial charge in [0.1, 0.15) is 0 Å². The molecular weight excluding hydrogens is 174 g/mol. The molecule has 0 aromatic carbocycles. The fourth-order valence-electron chi connectivity index (χ4n) is 1.47. The maximum atomic E-state index is 4.99. The number of rotatable bonds is 11. The zero-order chi connectivity index (χ0) is 10.5. The summed E-state index contributed by atoms with van der Waals surface area (Å²) in [6, 6.07) is 0. The van der Waals surface area contributed by atoms with Crippen LogP contribution < -0.4 is 5.32 Å². The van der Waals surface area contributed by atoms with Crippen LogP contribution in [0.4, 0.5) is 0 Å². The smallest absolute Gasteiger partial charge is 0.0462 e. The van der Waals surface area contributed by atoms with E-state index in [1.807, 2.05) is 0 Å². The van der Waals surface area contributed by atoms with Crippen LogP contribution in [0.25, 0.3) is 0 Å².